The van der Waals surface area contributed by atoms with Crippen LogP contribution in [0.5, 0.6) is 0 Å². The first-order valence-electron chi connectivity index (χ1n) is 25.9. The van der Waals surface area contributed by atoms with Gasteiger partial charge in [0.25, 0.3) is 0 Å². The van der Waals surface area contributed by atoms with Gasteiger partial charge in [-0.2, -0.15) is 0 Å². The second-order valence-corrected chi connectivity index (χ2v) is 17.3. The number of esters is 1. The van der Waals surface area contributed by atoms with Crippen molar-refractivity contribution in [2.45, 2.75) is 251 Å². The van der Waals surface area contributed by atoms with E-state index in [2.05, 4.69) is 56.5 Å². The van der Waals surface area contributed by atoms with Crippen LogP contribution in [0, 0.1) is 0 Å². The molecule has 62 heavy (non-hydrogen) atoms. The van der Waals surface area contributed by atoms with Crippen LogP contribution in [0.2, 0.25) is 0 Å². The predicted molar refractivity (Wildman–Crippen MR) is 268 cm³/mol. The number of carbonyl (C=O) groups excluding carboxylic acids is 2. The molecule has 0 spiro atoms. The molecule has 0 saturated carbocycles. The van der Waals surface area contributed by atoms with E-state index >= 15 is 0 Å². The number of rotatable bonds is 45. The SMILES string of the molecule is CC/C=C/C=C/C=C\C=C/C=C/CCCC(=O)OC(CCCCCC/C=C/C=C/CCCCC)CC(=O)NC(CO)C(O)CCCCCCCCCCCCCCCCCCC. The second-order valence-electron chi connectivity index (χ2n) is 17.3. The number of amides is 1. The third kappa shape index (κ3) is 43.7. The minimum atomic E-state index is -0.810. The predicted octanol–water partition coefficient (Wildman–Crippen LogP) is 15.6. The molecule has 0 aromatic heterocycles. The first-order chi connectivity index (χ1) is 30.5. The van der Waals surface area contributed by atoms with E-state index in [0.29, 0.717) is 25.7 Å². The zero-order chi connectivity index (χ0) is 45.2. The maximum absolute atomic E-state index is 13.2. The molecule has 6 nitrogen and oxygen atoms in total. The lowest BCUT2D eigenvalue weighted by atomic mass is 10.0. The van der Waals surface area contributed by atoms with Crippen LogP contribution in [-0.4, -0.2) is 46.9 Å². The first kappa shape index (κ1) is 59.0. The number of hydrogen-bond donors (Lipinski definition) is 3. The molecule has 0 bridgehead atoms. The molecule has 3 atom stereocenters. The van der Waals surface area contributed by atoms with Crippen molar-refractivity contribution in [3.63, 3.8) is 0 Å². The molecule has 0 aliphatic carbocycles. The molecule has 3 unspecified atom stereocenters. The number of allylic oxidation sites excluding steroid dienone is 14. The van der Waals surface area contributed by atoms with Gasteiger partial charge in [0.15, 0.2) is 0 Å². The van der Waals surface area contributed by atoms with E-state index in [4.69, 9.17) is 4.74 Å². The van der Waals surface area contributed by atoms with E-state index in [1.54, 1.807) is 0 Å². The van der Waals surface area contributed by atoms with Crippen LogP contribution in [0.3, 0.4) is 0 Å². The highest BCUT2D eigenvalue weighted by atomic mass is 16.5. The average Bonchev–Trinajstić information content (AvgIpc) is 3.26. The van der Waals surface area contributed by atoms with E-state index in [1.807, 2.05) is 54.7 Å². The van der Waals surface area contributed by atoms with Gasteiger partial charge in [0, 0.05) is 6.42 Å². The minimum absolute atomic E-state index is 0.0315. The molecule has 0 aliphatic heterocycles. The van der Waals surface area contributed by atoms with Crippen LogP contribution in [0.4, 0.5) is 0 Å². The molecule has 0 aromatic rings. The molecule has 6 heteroatoms. The molecule has 0 saturated heterocycles. The standard InChI is InChI=1S/C56H97NO5/c1-4-7-10-13-16-19-22-25-26-27-28-31-33-36-39-42-45-48-54(59)53(51-58)57-55(60)50-52(47-44-41-38-35-32-29-23-20-17-14-11-8-5-2)62-56(61)49-46-43-40-37-34-30-24-21-18-15-12-9-6-3/h9,12,15,17-18,20-21,23-24,29-30,34,37,40,52-54,58-59H,4-8,10-11,13-14,16,19,22,25-28,31-33,35-36,38-39,41-51H2,1-3H3,(H,57,60)/b12-9+,18-15+,20-17+,24-21-,29-23+,34-30-,40-37+. The summed E-state index contributed by atoms with van der Waals surface area (Å²) in [5.41, 5.74) is 0. The summed E-state index contributed by atoms with van der Waals surface area (Å²) in [5.74, 6) is -0.586. The van der Waals surface area contributed by atoms with Gasteiger partial charge in [0.2, 0.25) is 5.91 Å². The molecule has 0 aliphatic rings. The van der Waals surface area contributed by atoms with Gasteiger partial charge in [-0.25, -0.2) is 0 Å². The fourth-order valence-corrected chi connectivity index (χ4v) is 7.45. The largest absolute Gasteiger partial charge is 0.462 e. The number of hydrogen-bond acceptors (Lipinski definition) is 5. The van der Waals surface area contributed by atoms with Gasteiger partial charge in [-0.05, 0) is 64.2 Å². The molecular weight excluding hydrogens is 767 g/mol. The van der Waals surface area contributed by atoms with E-state index in [0.717, 1.165) is 70.6 Å². The van der Waals surface area contributed by atoms with Gasteiger partial charge in [0.05, 0.1) is 25.2 Å². The van der Waals surface area contributed by atoms with E-state index < -0.39 is 18.2 Å². The summed E-state index contributed by atoms with van der Waals surface area (Å²) in [6, 6.07) is -0.727. The van der Waals surface area contributed by atoms with Crippen molar-refractivity contribution in [3.8, 4) is 0 Å². The van der Waals surface area contributed by atoms with Crippen molar-refractivity contribution in [1.29, 1.82) is 0 Å². The Morgan fingerprint density at radius 3 is 1.37 bits per heavy atom. The van der Waals surface area contributed by atoms with Crippen LogP contribution < -0.4 is 5.32 Å². The van der Waals surface area contributed by atoms with Gasteiger partial charge in [0.1, 0.15) is 6.10 Å². The van der Waals surface area contributed by atoms with Crippen molar-refractivity contribution in [1.82, 2.24) is 5.32 Å². The number of carbonyl (C=O) groups is 2. The van der Waals surface area contributed by atoms with Crippen molar-refractivity contribution >= 4 is 11.9 Å². The normalized spacial score (nSPS) is 14.0. The zero-order valence-corrected chi connectivity index (χ0v) is 40.5. The molecule has 0 rings (SSSR count). The smallest absolute Gasteiger partial charge is 0.306 e. The number of unbranched alkanes of at least 4 members (excludes halogenated alkanes) is 24. The number of nitrogens with one attached hydrogen (secondary N) is 1. The van der Waals surface area contributed by atoms with E-state index in [-0.39, 0.29) is 24.9 Å². The van der Waals surface area contributed by atoms with Crippen LogP contribution >= 0.6 is 0 Å². The van der Waals surface area contributed by atoms with Crippen LogP contribution in [0.15, 0.2) is 85.1 Å². The monoisotopic (exact) mass is 864 g/mol. The Kier molecular flexibility index (Phi) is 46.7. The lowest BCUT2D eigenvalue weighted by Gasteiger charge is -2.24. The maximum Gasteiger partial charge on any atom is 0.306 e. The zero-order valence-electron chi connectivity index (χ0n) is 40.5. The Labute approximate surface area is 383 Å². The van der Waals surface area contributed by atoms with Gasteiger partial charge < -0.3 is 20.3 Å². The van der Waals surface area contributed by atoms with Crippen LogP contribution in [0.25, 0.3) is 0 Å². The van der Waals surface area contributed by atoms with Gasteiger partial charge in [-0.1, -0.05) is 241 Å². The highest BCUT2D eigenvalue weighted by Gasteiger charge is 2.24. The summed E-state index contributed by atoms with van der Waals surface area (Å²) in [4.78, 5) is 26.1. The van der Waals surface area contributed by atoms with Crippen molar-refractivity contribution < 1.29 is 24.5 Å². The summed E-state index contributed by atoms with van der Waals surface area (Å²) in [5, 5.41) is 23.8. The van der Waals surface area contributed by atoms with Gasteiger partial charge >= 0.3 is 5.97 Å². The molecule has 1 amide bonds. The molecule has 3 N–H and O–H groups in total. The fourth-order valence-electron chi connectivity index (χ4n) is 7.45. The summed E-state index contributed by atoms with van der Waals surface area (Å²) in [7, 11) is 0. The Bertz CT molecular complexity index is 1200. The molecule has 0 aromatic carbocycles. The molecule has 356 valence electrons. The summed E-state index contributed by atoms with van der Waals surface area (Å²) in [6.07, 6.45) is 63.6. The highest BCUT2D eigenvalue weighted by Crippen LogP contribution is 2.17. The Balaban J connectivity index is 4.64. The second kappa shape index (κ2) is 49.1. The maximum atomic E-state index is 13.2. The summed E-state index contributed by atoms with van der Waals surface area (Å²) < 4.78 is 5.88. The lowest BCUT2D eigenvalue weighted by molar-refractivity contribution is -0.151. The molecule has 0 fully saturated rings. The topological polar surface area (TPSA) is 95.9 Å². The number of aliphatic hydroxyl groups excluding tert-OH is 2. The first-order valence-corrected chi connectivity index (χ1v) is 25.9. The quantitative estimate of drug-likeness (QED) is 0.0322. The van der Waals surface area contributed by atoms with Crippen molar-refractivity contribution in [2.75, 3.05) is 6.61 Å². The fraction of sp³-hybridized carbons (Fsp3) is 0.714. The lowest BCUT2D eigenvalue weighted by Crippen LogP contribution is -2.46. The van der Waals surface area contributed by atoms with E-state index in [9.17, 15) is 19.8 Å². The Morgan fingerprint density at radius 1 is 0.484 bits per heavy atom. The van der Waals surface area contributed by atoms with Crippen LogP contribution in [0.1, 0.15) is 233 Å². The van der Waals surface area contributed by atoms with Gasteiger partial charge in [-0.3, -0.25) is 9.59 Å². The molecule has 0 heterocycles. The Hall–Kier alpha value is -2.96. The third-order valence-electron chi connectivity index (χ3n) is 11.4. The minimum Gasteiger partial charge on any atom is -0.462 e. The van der Waals surface area contributed by atoms with E-state index in [1.165, 1.54) is 109 Å². The van der Waals surface area contributed by atoms with Gasteiger partial charge in [-0.15, -0.1) is 0 Å². The number of aliphatic hydroxyl groups is 2. The van der Waals surface area contributed by atoms with Crippen molar-refractivity contribution in [3.05, 3.63) is 85.1 Å². The summed E-state index contributed by atoms with van der Waals surface area (Å²) in [6.45, 7) is 6.29. The van der Waals surface area contributed by atoms with Crippen molar-refractivity contribution in [2.24, 2.45) is 0 Å². The third-order valence-corrected chi connectivity index (χ3v) is 11.4. The van der Waals surface area contributed by atoms with Crippen LogP contribution in [-0.2, 0) is 14.3 Å². The molecular formula is C56H97NO5. The summed E-state index contributed by atoms with van der Waals surface area (Å²) >= 11 is 0. The Morgan fingerprint density at radius 2 is 0.871 bits per heavy atom. The number of ether oxygens (including phenoxy) is 1. The highest BCUT2D eigenvalue weighted by molar-refractivity contribution is 5.77. The molecule has 0 radical (unpaired) electrons. The average molecular weight is 864 g/mol.